The van der Waals surface area contributed by atoms with Gasteiger partial charge in [0.1, 0.15) is 11.8 Å². The van der Waals surface area contributed by atoms with Crippen molar-refractivity contribution >= 4 is 11.6 Å². The molecule has 172 valence electrons. The average Bonchev–Trinajstić information content (AvgIpc) is 3.12. The van der Waals surface area contributed by atoms with Crippen LogP contribution in [0.3, 0.4) is 0 Å². The summed E-state index contributed by atoms with van der Waals surface area (Å²) in [5, 5.41) is 22.9. The zero-order valence-electron chi connectivity index (χ0n) is 19.7. The molecule has 0 radical (unpaired) electrons. The van der Waals surface area contributed by atoms with Crippen LogP contribution in [0.1, 0.15) is 77.8 Å². The maximum absolute atomic E-state index is 13.3. The van der Waals surface area contributed by atoms with Crippen LogP contribution in [0.5, 0.6) is 0 Å². The highest BCUT2D eigenvalue weighted by Crippen LogP contribution is 2.65. The molecule has 5 nitrogen and oxygen atoms in total. The van der Waals surface area contributed by atoms with Gasteiger partial charge < -0.3 is 10.4 Å². The van der Waals surface area contributed by atoms with Crippen molar-refractivity contribution in [2.24, 2.45) is 46.8 Å². The molecule has 4 aliphatic rings. The van der Waals surface area contributed by atoms with Crippen molar-refractivity contribution in [1.82, 2.24) is 4.98 Å². The molecule has 4 saturated carbocycles. The van der Waals surface area contributed by atoms with E-state index in [2.05, 4.69) is 24.1 Å². The summed E-state index contributed by atoms with van der Waals surface area (Å²) in [6.07, 6.45) is 10.7. The first-order valence-corrected chi connectivity index (χ1v) is 12.6. The summed E-state index contributed by atoms with van der Waals surface area (Å²) in [5.41, 5.74) is 0.611. The molecule has 9 atom stereocenters. The third-order valence-electron chi connectivity index (χ3n) is 10.3. The van der Waals surface area contributed by atoms with Gasteiger partial charge in [-0.3, -0.25) is 4.79 Å². The number of nitriles is 1. The Morgan fingerprint density at radius 2 is 1.97 bits per heavy atom. The largest absolute Gasteiger partial charge is 0.390 e. The summed E-state index contributed by atoms with van der Waals surface area (Å²) in [7, 11) is 0. The van der Waals surface area contributed by atoms with E-state index >= 15 is 0 Å². The molecule has 0 bridgehead atoms. The van der Waals surface area contributed by atoms with Crippen molar-refractivity contribution in [3.8, 4) is 6.07 Å². The number of nitrogens with zero attached hydrogens (tertiary/aromatic N) is 2. The number of anilines is 1. The van der Waals surface area contributed by atoms with Gasteiger partial charge in [-0.1, -0.05) is 13.8 Å². The standard InChI is InChI=1S/C27H37N3O2/c1-16-12-22-17(13-27(16,3)32)4-7-21-20(22)10-11-26(2)23(21)8-9-24(26)25(31)30-19-6-5-18(14-28)29-15-19/h5-6,15-17,20-24,32H,4,7-13H2,1-3H3,(H,30,31). The van der Waals surface area contributed by atoms with E-state index in [9.17, 15) is 9.90 Å². The summed E-state index contributed by atoms with van der Waals surface area (Å²) in [6.45, 7) is 6.66. The number of pyridine rings is 1. The molecular formula is C27H37N3O2. The third-order valence-corrected chi connectivity index (χ3v) is 10.3. The van der Waals surface area contributed by atoms with Gasteiger partial charge >= 0.3 is 0 Å². The van der Waals surface area contributed by atoms with E-state index in [1.165, 1.54) is 19.3 Å². The Labute approximate surface area is 192 Å². The third kappa shape index (κ3) is 3.46. The fourth-order valence-electron chi connectivity index (χ4n) is 8.44. The molecule has 32 heavy (non-hydrogen) atoms. The molecule has 5 rings (SSSR count). The Kier molecular flexibility index (Phi) is 5.36. The van der Waals surface area contributed by atoms with E-state index in [1.54, 1.807) is 18.3 Å². The first kappa shape index (κ1) is 21.9. The van der Waals surface area contributed by atoms with Crippen LogP contribution in [0.4, 0.5) is 5.69 Å². The molecule has 0 spiro atoms. The highest BCUT2D eigenvalue weighted by atomic mass is 16.3. The first-order chi connectivity index (χ1) is 15.2. The van der Waals surface area contributed by atoms with Gasteiger partial charge in [-0.2, -0.15) is 5.26 Å². The second-order valence-electron chi connectivity index (χ2n) is 11.8. The molecule has 9 unspecified atom stereocenters. The number of nitrogens with one attached hydrogen (secondary N) is 1. The smallest absolute Gasteiger partial charge is 0.228 e. The molecule has 4 aliphatic carbocycles. The molecule has 1 aromatic rings. The Balaban J connectivity index is 1.30. The zero-order chi connectivity index (χ0) is 22.7. The lowest BCUT2D eigenvalue weighted by atomic mass is 9.48. The molecule has 2 N–H and O–H groups in total. The number of carbonyl (C=O) groups is 1. The summed E-state index contributed by atoms with van der Waals surface area (Å²) in [6, 6.07) is 5.45. The number of hydrogen-bond acceptors (Lipinski definition) is 4. The highest BCUT2D eigenvalue weighted by molar-refractivity contribution is 5.93. The molecule has 0 aromatic carbocycles. The lowest BCUT2D eigenvalue weighted by Crippen LogP contribution is -2.53. The predicted octanol–water partition coefficient (Wildman–Crippen LogP) is 5.16. The van der Waals surface area contributed by atoms with Crippen LogP contribution in [0.2, 0.25) is 0 Å². The summed E-state index contributed by atoms with van der Waals surface area (Å²) in [4.78, 5) is 17.4. The zero-order valence-corrected chi connectivity index (χ0v) is 19.7. The van der Waals surface area contributed by atoms with Gasteiger partial charge in [-0.15, -0.1) is 0 Å². The van der Waals surface area contributed by atoms with Gasteiger partial charge in [-0.25, -0.2) is 4.98 Å². The number of carbonyl (C=O) groups excluding carboxylic acids is 1. The minimum atomic E-state index is -0.506. The first-order valence-electron chi connectivity index (χ1n) is 12.6. The van der Waals surface area contributed by atoms with E-state index in [-0.39, 0.29) is 17.2 Å². The lowest BCUT2D eigenvalue weighted by molar-refractivity contribution is -0.134. The fourth-order valence-corrected chi connectivity index (χ4v) is 8.44. The number of fused-ring (bicyclic) bond motifs is 5. The van der Waals surface area contributed by atoms with Crippen LogP contribution in [0, 0.1) is 58.2 Å². The Hall–Kier alpha value is -1.93. The van der Waals surface area contributed by atoms with Gasteiger partial charge in [0.25, 0.3) is 0 Å². The van der Waals surface area contributed by atoms with Crippen molar-refractivity contribution in [2.75, 3.05) is 5.32 Å². The van der Waals surface area contributed by atoms with Gasteiger partial charge in [0, 0.05) is 5.92 Å². The monoisotopic (exact) mass is 435 g/mol. The van der Waals surface area contributed by atoms with Gasteiger partial charge in [0.2, 0.25) is 5.91 Å². The fraction of sp³-hybridized carbons (Fsp3) is 0.741. The number of hydrogen-bond donors (Lipinski definition) is 2. The number of aliphatic hydroxyl groups is 1. The maximum Gasteiger partial charge on any atom is 0.228 e. The maximum atomic E-state index is 13.3. The molecule has 1 heterocycles. The normalized spacial score (nSPS) is 45.2. The summed E-state index contributed by atoms with van der Waals surface area (Å²) < 4.78 is 0. The highest BCUT2D eigenvalue weighted by Gasteiger charge is 2.59. The Bertz CT molecular complexity index is 920. The van der Waals surface area contributed by atoms with Crippen LogP contribution >= 0.6 is 0 Å². The number of amides is 1. The number of aromatic nitrogens is 1. The minimum Gasteiger partial charge on any atom is -0.390 e. The van der Waals surface area contributed by atoms with E-state index in [0.29, 0.717) is 29.1 Å². The quantitative estimate of drug-likeness (QED) is 0.672. The van der Waals surface area contributed by atoms with Crippen molar-refractivity contribution in [3.05, 3.63) is 24.0 Å². The van der Waals surface area contributed by atoms with Gasteiger partial charge in [0.05, 0.1) is 17.5 Å². The number of rotatable bonds is 2. The molecule has 1 aromatic heterocycles. The summed E-state index contributed by atoms with van der Waals surface area (Å²) in [5.74, 6) is 4.12. The average molecular weight is 436 g/mol. The minimum absolute atomic E-state index is 0.0489. The summed E-state index contributed by atoms with van der Waals surface area (Å²) >= 11 is 0. The molecule has 0 aliphatic heterocycles. The van der Waals surface area contributed by atoms with Crippen LogP contribution in [0.15, 0.2) is 18.3 Å². The van der Waals surface area contributed by atoms with E-state index < -0.39 is 5.60 Å². The molecular weight excluding hydrogens is 398 g/mol. The van der Waals surface area contributed by atoms with Crippen LogP contribution in [-0.2, 0) is 4.79 Å². The topological polar surface area (TPSA) is 86.0 Å². The Morgan fingerprint density at radius 1 is 1.16 bits per heavy atom. The van der Waals surface area contributed by atoms with Gasteiger partial charge in [0.15, 0.2) is 0 Å². The Morgan fingerprint density at radius 3 is 2.69 bits per heavy atom. The molecule has 4 fully saturated rings. The predicted molar refractivity (Wildman–Crippen MR) is 123 cm³/mol. The SMILES string of the molecule is CC1CC2C(CCC3C2CCC2(C)C(C(=O)Nc4ccc(C#N)nc4)CCC32)CC1(C)O. The van der Waals surface area contributed by atoms with Crippen LogP contribution in [-0.4, -0.2) is 21.6 Å². The van der Waals surface area contributed by atoms with Crippen molar-refractivity contribution in [2.45, 2.75) is 77.7 Å². The van der Waals surface area contributed by atoms with Gasteiger partial charge in [-0.05, 0) is 111 Å². The van der Waals surface area contributed by atoms with Crippen molar-refractivity contribution < 1.29 is 9.90 Å². The molecule has 5 heteroatoms. The molecule has 1 amide bonds. The van der Waals surface area contributed by atoms with Crippen LogP contribution < -0.4 is 5.32 Å². The van der Waals surface area contributed by atoms with E-state index in [0.717, 1.165) is 49.9 Å². The van der Waals surface area contributed by atoms with E-state index in [4.69, 9.17) is 5.26 Å². The van der Waals surface area contributed by atoms with E-state index in [1.807, 2.05) is 13.0 Å². The second kappa shape index (κ2) is 7.83. The lowest BCUT2D eigenvalue weighted by Gasteiger charge is -2.58. The van der Waals surface area contributed by atoms with Crippen LogP contribution in [0.25, 0.3) is 0 Å². The molecule has 0 saturated heterocycles. The second-order valence-corrected chi connectivity index (χ2v) is 11.8. The van der Waals surface area contributed by atoms with Crippen molar-refractivity contribution in [3.63, 3.8) is 0 Å². The van der Waals surface area contributed by atoms with Crippen molar-refractivity contribution in [1.29, 1.82) is 5.26 Å².